The Morgan fingerprint density at radius 1 is 1.22 bits per heavy atom. The molecule has 0 unspecified atom stereocenters. The van der Waals surface area contributed by atoms with Gasteiger partial charge in [0.15, 0.2) is 5.82 Å². The highest BCUT2D eigenvalue weighted by molar-refractivity contribution is 5.59. The Bertz CT molecular complexity index is 554. The van der Waals surface area contributed by atoms with Crippen LogP contribution in [0.2, 0.25) is 0 Å². The van der Waals surface area contributed by atoms with Gasteiger partial charge in [-0.25, -0.2) is 0 Å². The number of rotatable bonds is 2. The van der Waals surface area contributed by atoms with Crippen molar-refractivity contribution in [3.63, 3.8) is 0 Å². The molecule has 1 aliphatic carbocycles. The third kappa shape index (κ3) is 1.85. The fourth-order valence-corrected chi connectivity index (χ4v) is 2.75. The molecule has 0 radical (unpaired) electrons. The van der Waals surface area contributed by atoms with E-state index in [9.17, 15) is 0 Å². The molecule has 2 N–H and O–H groups in total. The number of aromatic nitrogens is 4. The van der Waals surface area contributed by atoms with Gasteiger partial charge in [-0.15, -0.1) is 10.2 Å². The fourth-order valence-electron chi connectivity index (χ4n) is 2.75. The van der Waals surface area contributed by atoms with Crippen LogP contribution in [0.1, 0.15) is 37.5 Å². The molecule has 0 aromatic carbocycles. The number of nitrogens with zero attached hydrogens (tertiary/aromatic N) is 4. The lowest BCUT2D eigenvalue weighted by Crippen LogP contribution is -2.09. The molecule has 5 heteroatoms. The summed E-state index contributed by atoms with van der Waals surface area (Å²) in [5.41, 5.74) is 7.39. The van der Waals surface area contributed by atoms with E-state index < -0.39 is 0 Å². The summed E-state index contributed by atoms with van der Waals surface area (Å²) in [7, 11) is 0. The Morgan fingerprint density at radius 2 is 2.00 bits per heavy atom. The average Bonchev–Trinajstić information content (AvgIpc) is 2.97. The van der Waals surface area contributed by atoms with Crippen LogP contribution in [0.5, 0.6) is 0 Å². The van der Waals surface area contributed by atoms with Crippen LogP contribution >= 0.6 is 0 Å². The third-order valence-corrected chi connectivity index (χ3v) is 3.57. The number of anilines is 1. The lowest BCUT2D eigenvalue weighted by atomic mass is 10.2. The smallest absolute Gasteiger partial charge is 0.165 e. The maximum absolute atomic E-state index is 5.79. The van der Waals surface area contributed by atoms with E-state index in [0.717, 1.165) is 17.2 Å². The summed E-state index contributed by atoms with van der Waals surface area (Å²) < 4.78 is 2.24. The van der Waals surface area contributed by atoms with E-state index in [0.29, 0.717) is 11.7 Å². The van der Waals surface area contributed by atoms with Crippen LogP contribution in [0.15, 0.2) is 18.5 Å². The molecule has 0 spiro atoms. The first-order chi connectivity index (χ1) is 8.75. The predicted molar refractivity (Wildman–Crippen MR) is 69.9 cm³/mol. The van der Waals surface area contributed by atoms with Gasteiger partial charge in [0, 0.05) is 24.0 Å². The second-order valence-electron chi connectivity index (χ2n) is 4.89. The van der Waals surface area contributed by atoms with E-state index in [1.54, 1.807) is 12.4 Å². The van der Waals surface area contributed by atoms with E-state index in [1.165, 1.54) is 25.7 Å². The summed E-state index contributed by atoms with van der Waals surface area (Å²) in [6.45, 7) is 2.01. The van der Waals surface area contributed by atoms with Gasteiger partial charge in [0.2, 0.25) is 0 Å². The lowest BCUT2D eigenvalue weighted by molar-refractivity contribution is 0.510. The minimum absolute atomic E-state index is 0.524. The van der Waals surface area contributed by atoms with E-state index >= 15 is 0 Å². The van der Waals surface area contributed by atoms with Crippen molar-refractivity contribution in [3.05, 3.63) is 24.3 Å². The van der Waals surface area contributed by atoms with E-state index in [1.807, 2.05) is 13.0 Å². The van der Waals surface area contributed by atoms with Gasteiger partial charge < -0.3 is 10.3 Å². The first-order valence-corrected chi connectivity index (χ1v) is 6.38. The minimum Gasteiger partial charge on any atom is -0.397 e. The first-order valence-electron chi connectivity index (χ1n) is 6.38. The predicted octanol–water partition coefficient (Wildman–Crippen LogP) is 2.35. The van der Waals surface area contributed by atoms with Gasteiger partial charge >= 0.3 is 0 Å². The van der Waals surface area contributed by atoms with Crippen LogP contribution in [0.25, 0.3) is 11.4 Å². The molecule has 0 atom stereocenters. The number of hydrogen-bond donors (Lipinski definition) is 1. The fraction of sp³-hybridized carbons (Fsp3) is 0.462. The molecule has 0 bridgehead atoms. The molecule has 3 rings (SSSR count). The molecule has 1 saturated carbocycles. The zero-order valence-electron chi connectivity index (χ0n) is 10.5. The molecule has 2 aromatic rings. The molecule has 2 heterocycles. The van der Waals surface area contributed by atoms with Gasteiger partial charge in [-0.1, -0.05) is 12.8 Å². The van der Waals surface area contributed by atoms with E-state index in [-0.39, 0.29) is 0 Å². The largest absolute Gasteiger partial charge is 0.397 e. The number of pyridine rings is 1. The van der Waals surface area contributed by atoms with Crippen LogP contribution in [0.4, 0.5) is 5.69 Å². The van der Waals surface area contributed by atoms with Gasteiger partial charge in [0.05, 0.1) is 5.69 Å². The highest BCUT2D eigenvalue weighted by Crippen LogP contribution is 2.33. The normalized spacial score (nSPS) is 16.3. The molecule has 2 aromatic heterocycles. The zero-order valence-corrected chi connectivity index (χ0v) is 10.5. The molecule has 0 saturated heterocycles. The molecule has 5 nitrogen and oxygen atoms in total. The van der Waals surface area contributed by atoms with Crippen LogP contribution in [-0.2, 0) is 0 Å². The van der Waals surface area contributed by atoms with Gasteiger partial charge in [-0.05, 0) is 25.8 Å². The Hall–Kier alpha value is -1.91. The van der Waals surface area contributed by atoms with Gasteiger partial charge in [0.1, 0.15) is 5.82 Å². The maximum atomic E-state index is 5.79. The number of hydrogen-bond acceptors (Lipinski definition) is 4. The van der Waals surface area contributed by atoms with Crippen molar-refractivity contribution >= 4 is 5.69 Å². The summed E-state index contributed by atoms with van der Waals surface area (Å²) in [6, 6.07) is 2.43. The van der Waals surface area contributed by atoms with E-state index in [2.05, 4.69) is 19.7 Å². The minimum atomic E-state index is 0.524. The number of nitrogen functional groups attached to an aromatic ring is 1. The summed E-state index contributed by atoms with van der Waals surface area (Å²) in [5, 5.41) is 8.50. The first kappa shape index (κ1) is 11.2. The van der Waals surface area contributed by atoms with Crippen LogP contribution in [-0.4, -0.2) is 19.7 Å². The van der Waals surface area contributed by atoms with Crippen molar-refractivity contribution in [2.24, 2.45) is 0 Å². The SMILES string of the molecule is Cc1nnc(-c2cncc(N)c2)n1C1CCCC1. The molecule has 0 amide bonds. The third-order valence-electron chi connectivity index (χ3n) is 3.57. The van der Waals surface area contributed by atoms with Crippen LogP contribution in [0, 0.1) is 6.92 Å². The van der Waals surface area contributed by atoms with Crippen molar-refractivity contribution in [1.82, 2.24) is 19.7 Å². The van der Waals surface area contributed by atoms with Gasteiger partial charge in [-0.2, -0.15) is 0 Å². The highest BCUT2D eigenvalue weighted by Gasteiger charge is 2.23. The zero-order chi connectivity index (χ0) is 12.5. The summed E-state index contributed by atoms with van der Waals surface area (Å²) >= 11 is 0. The van der Waals surface area contributed by atoms with Gasteiger partial charge in [-0.3, -0.25) is 4.98 Å². The van der Waals surface area contributed by atoms with E-state index in [4.69, 9.17) is 5.73 Å². The summed E-state index contributed by atoms with van der Waals surface area (Å²) in [6.07, 6.45) is 8.44. The highest BCUT2D eigenvalue weighted by atomic mass is 15.3. The van der Waals surface area contributed by atoms with Crippen molar-refractivity contribution in [2.45, 2.75) is 38.6 Å². The second kappa shape index (κ2) is 4.40. The summed E-state index contributed by atoms with van der Waals surface area (Å²) in [4.78, 5) is 4.13. The Morgan fingerprint density at radius 3 is 2.72 bits per heavy atom. The Labute approximate surface area is 106 Å². The van der Waals surface area contributed by atoms with Gasteiger partial charge in [0.25, 0.3) is 0 Å². The Balaban J connectivity index is 2.07. The topological polar surface area (TPSA) is 69.6 Å². The monoisotopic (exact) mass is 243 g/mol. The number of aryl methyl sites for hydroxylation is 1. The molecule has 1 fully saturated rings. The van der Waals surface area contributed by atoms with Crippen molar-refractivity contribution in [1.29, 1.82) is 0 Å². The van der Waals surface area contributed by atoms with Crippen molar-refractivity contribution in [2.75, 3.05) is 5.73 Å². The maximum Gasteiger partial charge on any atom is 0.165 e. The van der Waals surface area contributed by atoms with Crippen molar-refractivity contribution < 1.29 is 0 Å². The molecule has 94 valence electrons. The molecular weight excluding hydrogens is 226 g/mol. The second-order valence-corrected chi connectivity index (χ2v) is 4.89. The quantitative estimate of drug-likeness (QED) is 0.879. The lowest BCUT2D eigenvalue weighted by Gasteiger charge is -2.15. The summed E-state index contributed by atoms with van der Waals surface area (Å²) in [5.74, 6) is 1.86. The molecule has 18 heavy (non-hydrogen) atoms. The number of nitrogens with two attached hydrogens (primary N) is 1. The molecule has 1 aliphatic rings. The average molecular weight is 243 g/mol. The van der Waals surface area contributed by atoms with Crippen molar-refractivity contribution in [3.8, 4) is 11.4 Å². The Kier molecular flexibility index (Phi) is 2.74. The van der Waals surface area contributed by atoms with Crippen LogP contribution in [0.3, 0.4) is 0 Å². The van der Waals surface area contributed by atoms with Crippen LogP contribution < -0.4 is 5.73 Å². The standard InChI is InChI=1S/C13H17N5/c1-9-16-17-13(10-6-11(14)8-15-7-10)18(9)12-4-2-3-5-12/h6-8,12H,2-5,14H2,1H3. The molecule has 0 aliphatic heterocycles. The molecular formula is C13H17N5.